The van der Waals surface area contributed by atoms with E-state index in [1.54, 1.807) is 18.2 Å². The number of ether oxygens (including phenoxy) is 1. The summed E-state index contributed by atoms with van der Waals surface area (Å²) < 4.78 is 18.5. The summed E-state index contributed by atoms with van der Waals surface area (Å²) in [5.74, 6) is -0.898. The van der Waals surface area contributed by atoms with Crippen molar-refractivity contribution in [2.24, 2.45) is 5.92 Å². The van der Waals surface area contributed by atoms with Crippen LogP contribution in [0.1, 0.15) is 17.9 Å². The number of piperidine rings is 1. The quantitative estimate of drug-likeness (QED) is 0.839. The Morgan fingerprint density at radius 2 is 2.17 bits per heavy atom. The SMILES string of the molecule is COC(=O)C1CCNCC1c1ccccc1F.Cl. The predicted octanol–water partition coefficient (Wildman–Crippen LogP) is 2.11. The van der Waals surface area contributed by atoms with Crippen LogP contribution in [-0.2, 0) is 9.53 Å². The van der Waals surface area contributed by atoms with Crippen molar-refractivity contribution in [1.82, 2.24) is 5.32 Å². The van der Waals surface area contributed by atoms with Crippen LogP contribution in [0, 0.1) is 11.7 Å². The highest BCUT2D eigenvalue weighted by Crippen LogP contribution is 2.31. The van der Waals surface area contributed by atoms with Crippen molar-refractivity contribution in [1.29, 1.82) is 0 Å². The average molecular weight is 274 g/mol. The van der Waals surface area contributed by atoms with Crippen LogP contribution in [0.5, 0.6) is 0 Å². The summed E-state index contributed by atoms with van der Waals surface area (Å²) in [5.41, 5.74) is 0.593. The van der Waals surface area contributed by atoms with Crippen LogP contribution in [0.25, 0.3) is 0 Å². The minimum Gasteiger partial charge on any atom is -0.469 e. The van der Waals surface area contributed by atoms with Gasteiger partial charge in [0.05, 0.1) is 13.0 Å². The molecule has 1 fully saturated rings. The Bertz CT molecular complexity index is 414. The summed E-state index contributed by atoms with van der Waals surface area (Å²) in [7, 11) is 1.38. The van der Waals surface area contributed by atoms with Gasteiger partial charge in [-0.1, -0.05) is 18.2 Å². The predicted molar refractivity (Wildman–Crippen MR) is 69.4 cm³/mol. The number of methoxy groups -OCH3 is 1. The maximum Gasteiger partial charge on any atom is 0.309 e. The molecule has 100 valence electrons. The van der Waals surface area contributed by atoms with E-state index in [1.165, 1.54) is 13.2 Å². The van der Waals surface area contributed by atoms with E-state index < -0.39 is 0 Å². The highest BCUT2D eigenvalue weighted by atomic mass is 35.5. The number of hydrogen-bond donors (Lipinski definition) is 1. The lowest BCUT2D eigenvalue weighted by molar-refractivity contribution is -0.147. The first kappa shape index (κ1) is 14.9. The van der Waals surface area contributed by atoms with Crippen molar-refractivity contribution in [2.45, 2.75) is 12.3 Å². The van der Waals surface area contributed by atoms with Gasteiger partial charge in [-0.3, -0.25) is 4.79 Å². The zero-order chi connectivity index (χ0) is 12.3. The van der Waals surface area contributed by atoms with E-state index in [4.69, 9.17) is 4.74 Å². The average Bonchev–Trinajstić information content (AvgIpc) is 2.38. The van der Waals surface area contributed by atoms with E-state index >= 15 is 0 Å². The standard InChI is InChI=1S/C13H16FNO2.ClH/c1-17-13(16)10-6-7-15-8-11(10)9-4-2-3-5-12(9)14;/h2-5,10-11,15H,6-8H2,1H3;1H. The molecule has 1 aliphatic rings. The Kier molecular flexibility index (Phi) is 5.56. The Balaban J connectivity index is 0.00000162. The molecule has 0 aliphatic carbocycles. The third kappa shape index (κ3) is 3.00. The van der Waals surface area contributed by atoms with Gasteiger partial charge in [-0.2, -0.15) is 0 Å². The molecule has 0 bridgehead atoms. The first-order chi connectivity index (χ1) is 8.24. The normalized spacial score (nSPS) is 23.0. The molecular formula is C13H17ClFNO2. The molecule has 2 atom stereocenters. The number of carbonyl (C=O) groups is 1. The second kappa shape index (κ2) is 6.71. The van der Waals surface area contributed by atoms with Crippen molar-refractivity contribution in [3.63, 3.8) is 0 Å². The summed E-state index contributed by atoms with van der Waals surface area (Å²) >= 11 is 0. The van der Waals surface area contributed by atoms with Crippen molar-refractivity contribution < 1.29 is 13.9 Å². The Hall–Kier alpha value is -1.13. The van der Waals surface area contributed by atoms with E-state index in [0.717, 1.165) is 6.54 Å². The van der Waals surface area contributed by atoms with Crippen molar-refractivity contribution in [3.8, 4) is 0 Å². The van der Waals surface area contributed by atoms with Crippen LogP contribution in [0.4, 0.5) is 4.39 Å². The van der Waals surface area contributed by atoms with E-state index in [1.807, 2.05) is 0 Å². The fourth-order valence-electron chi connectivity index (χ4n) is 2.39. The van der Waals surface area contributed by atoms with Gasteiger partial charge in [-0.25, -0.2) is 4.39 Å². The largest absolute Gasteiger partial charge is 0.469 e. The van der Waals surface area contributed by atoms with Crippen molar-refractivity contribution in [3.05, 3.63) is 35.6 Å². The first-order valence-corrected chi connectivity index (χ1v) is 5.77. The molecule has 2 unspecified atom stereocenters. The van der Waals surface area contributed by atoms with E-state index in [-0.39, 0.29) is 36.0 Å². The number of carbonyl (C=O) groups excluding carboxylic acids is 1. The Morgan fingerprint density at radius 3 is 2.83 bits per heavy atom. The monoisotopic (exact) mass is 273 g/mol. The maximum atomic E-state index is 13.7. The molecule has 5 heteroatoms. The summed E-state index contributed by atoms with van der Waals surface area (Å²) in [6, 6.07) is 6.62. The lowest BCUT2D eigenvalue weighted by Gasteiger charge is -2.30. The molecule has 0 amide bonds. The fraction of sp³-hybridized carbons (Fsp3) is 0.462. The minimum absolute atomic E-state index is 0. The zero-order valence-corrected chi connectivity index (χ0v) is 11.0. The molecule has 0 spiro atoms. The topological polar surface area (TPSA) is 38.3 Å². The molecule has 1 aromatic carbocycles. The molecule has 1 heterocycles. The molecule has 1 aliphatic heterocycles. The van der Waals surface area contributed by atoms with Gasteiger partial charge in [0, 0.05) is 12.5 Å². The summed E-state index contributed by atoms with van der Waals surface area (Å²) in [6.45, 7) is 1.38. The second-order valence-corrected chi connectivity index (χ2v) is 4.25. The maximum absolute atomic E-state index is 13.7. The van der Waals surface area contributed by atoms with Gasteiger partial charge >= 0.3 is 5.97 Å². The summed E-state index contributed by atoms with van der Waals surface area (Å²) in [5, 5.41) is 3.20. The number of benzene rings is 1. The van der Waals surface area contributed by atoms with Crippen LogP contribution >= 0.6 is 12.4 Å². The molecule has 18 heavy (non-hydrogen) atoms. The highest BCUT2D eigenvalue weighted by molar-refractivity contribution is 5.85. The van der Waals surface area contributed by atoms with Gasteiger partial charge in [0.15, 0.2) is 0 Å². The number of hydrogen-bond acceptors (Lipinski definition) is 3. The summed E-state index contributed by atoms with van der Waals surface area (Å²) in [6.07, 6.45) is 0.686. The van der Waals surface area contributed by atoms with Crippen LogP contribution in [0.2, 0.25) is 0 Å². The van der Waals surface area contributed by atoms with Crippen LogP contribution < -0.4 is 5.32 Å². The van der Waals surface area contributed by atoms with E-state index in [0.29, 0.717) is 18.5 Å². The molecule has 1 N–H and O–H groups in total. The molecule has 0 aromatic heterocycles. The van der Waals surface area contributed by atoms with E-state index in [2.05, 4.69) is 5.32 Å². The third-order valence-corrected chi connectivity index (χ3v) is 3.29. The lowest BCUT2D eigenvalue weighted by Crippen LogP contribution is -2.39. The minimum atomic E-state index is -0.255. The summed E-state index contributed by atoms with van der Waals surface area (Å²) in [4.78, 5) is 11.7. The zero-order valence-electron chi connectivity index (χ0n) is 10.2. The van der Waals surface area contributed by atoms with Gasteiger partial charge in [0.1, 0.15) is 5.82 Å². The van der Waals surface area contributed by atoms with Gasteiger partial charge < -0.3 is 10.1 Å². The van der Waals surface area contributed by atoms with E-state index in [9.17, 15) is 9.18 Å². The Morgan fingerprint density at radius 1 is 1.44 bits per heavy atom. The van der Waals surface area contributed by atoms with Gasteiger partial charge in [0.25, 0.3) is 0 Å². The van der Waals surface area contributed by atoms with Crippen molar-refractivity contribution >= 4 is 18.4 Å². The Labute approximate surface area is 112 Å². The van der Waals surface area contributed by atoms with Crippen LogP contribution in [-0.4, -0.2) is 26.2 Å². The van der Waals surface area contributed by atoms with Gasteiger partial charge in [0.2, 0.25) is 0 Å². The third-order valence-electron chi connectivity index (χ3n) is 3.29. The molecule has 1 saturated heterocycles. The van der Waals surface area contributed by atoms with Crippen LogP contribution in [0.15, 0.2) is 24.3 Å². The second-order valence-electron chi connectivity index (χ2n) is 4.25. The molecule has 0 radical (unpaired) electrons. The smallest absolute Gasteiger partial charge is 0.309 e. The van der Waals surface area contributed by atoms with Gasteiger partial charge in [-0.05, 0) is 24.6 Å². The van der Waals surface area contributed by atoms with Gasteiger partial charge in [-0.15, -0.1) is 12.4 Å². The molecular weight excluding hydrogens is 257 g/mol. The highest BCUT2D eigenvalue weighted by Gasteiger charge is 2.33. The van der Waals surface area contributed by atoms with Crippen molar-refractivity contribution in [2.75, 3.05) is 20.2 Å². The van der Waals surface area contributed by atoms with Crippen LogP contribution in [0.3, 0.4) is 0 Å². The lowest BCUT2D eigenvalue weighted by atomic mass is 9.81. The number of halogens is 2. The fourth-order valence-corrected chi connectivity index (χ4v) is 2.39. The first-order valence-electron chi connectivity index (χ1n) is 5.77. The molecule has 3 nitrogen and oxygen atoms in total. The number of nitrogens with one attached hydrogen (secondary N) is 1. The molecule has 0 saturated carbocycles. The number of esters is 1. The molecule has 1 aromatic rings. The number of rotatable bonds is 2. The molecule has 2 rings (SSSR count).